The number of nitrogens with one attached hydrogen (secondary N) is 2. The Morgan fingerprint density at radius 2 is 1.39 bits per heavy atom. The maximum Gasteiger partial charge on any atom is 0.246 e. The van der Waals surface area contributed by atoms with Crippen molar-refractivity contribution in [3.05, 3.63) is 6.54 Å². The number of rotatable bonds is 23. The van der Waals surface area contributed by atoms with E-state index in [0.29, 0.717) is 71.7 Å². The molecule has 0 bridgehead atoms. The van der Waals surface area contributed by atoms with E-state index < -0.39 is 0 Å². The van der Waals surface area contributed by atoms with Crippen LogP contribution in [0.15, 0.2) is 0 Å². The van der Waals surface area contributed by atoms with Crippen LogP contribution in [0.4, 0.5) is 0 Å². The Morgan fingerprint density at radius 1 is 0.758 bits per heavy atom. The van der Waals surface area contributed by atoms with Crippen molar-refractivity contribution in [2.45, 2.75) is 52.4 Å². The third-order valence-electron chi connectivity index (χ3n) is 3.90. The van der Waals surface area contributed by atoms with E-state index in [9.17, 15) is 19.2 Å². The minimum absolute atomic E-state index is 0. The van der Waals surface area contributed by atoms with Crippen LogP contribution < -0.4 is 10.6 Å². The van der Waals surface area contributed by atoms with Crippen LogP contribution in [0.2, 0.25) is 0 Å². The topological polar surface area (TPSA) is 129 Å². The van der Waals surface area contributed by atoms with Gasteiger partial charge in [0.1, 0.15) is 19.0 Å². The molecule has 0 atom stereocenters. The molecule has 0 spiro atoms. The van der Waals surface area contributed by atoms with E-state index in [1.807, 2.05) is 6.92 Å². The Hall–Kier alpha value is -1.30. The van der Waals surface area contributed by atoms with Crippen molar-refractivity contribution in [1.29, 1.82) is 0 Å². The molecule has 0 heterocycles. The van der Waals surface area contributed by atoms with Crippen LogP contribution >= 0.6 is 0 Å². The van der Waals surface area contributed by atoms with E-state index in [4.69, 9.17) is 18.9 Å². The third kappa shape index (κ3) is 26.8. The average Bonchev–Trinajstić information content (AvgIpc) is 2.75. The van der Waals surface area contributed by atoms with Crippen LogP contribution in [0, 0.1) is 6.54 Å². The second kappa shape index (κ2) is 25.3. The SMILES string of the molecule is CCCC(=O)N[CH-]CCC(=O)CCCOCCOCC(=O)NCCOCCOCC(C)=O.[V]. The molecular weight excluding hydrogens is 471 g/mol. The van der Waals surface area contributed by atoms with Gasteiger partial charge >= 0.3 is 0 Å². The minimum Gasteiger partial charge on any atom is -0.506 e. The fourth-order valence-corrected chi connectivity index (χ4v) is 2.35. The van der Waals surface area contributed by atoms with E-state index in [0.717, 1.165) is 6.42 Å². The molecule has 0 aliphatic rings. The maximum atomic E-state index is 11.7. The van der Waals surface area contributed by atoms with Gasteiger partial charge in [0.2, 0.25) is 5.91 Å². The van der Waals surface area contributed by atoms with E-state index in [-0.39, 0.29) is 61.8 Å². The molecule has 0 saturated carbocycles. The maximum absolute atomic E-state index is 11.7. The Kier molecular flexibility index (Phi) is 26.0. The largest absolute Gasteiger partial charge is 0.506 e. The number of hydrogen-bond donors (Lipinski definition) is 2. The van der Waals surface area contributed by atoms with Crippen molar-refractivity contribution >= 4 is 23.4 Å². The first-order chi connectivity index (χ1) is 15.5. The molecule has 0 aromatic heterocycles. The summed E-state index contributed by atoms with van der Waals surface area (Å²) in [6, 6.07) is 0. The molecule has 191 valence electrons. The molecule has 11 heteroatoms. The van der Waals surface area contributed by atoms with Gasteiger partial charge < -0.3 is 29.6 Å². The monoisotopic (exact) mass is 510 g/mol. The Balaban J connectivity index is 0. The van der Waals surface area contributed by atoms with E-state index in [2.05, 4.69) is 10.6 Å². The Bertz CT molecular complexity index is 535. The van der Waals surface area contributed by atoms with Crippen LogP contribution in [0.25, 0.3) is 0 Å². The zero-order valence-electron chi connectivity index (χ0n) is 19.9. The van der Waals surface area contributed by atoms with Crippen molar-refractivity contribution in [3.8, 4) is 0 Å². The predicted molar refractivity (Wildman–Crippen MR) is 118 cm³/mol. The third-order valence-corrected chi connectivity index (χ3v) is 3.90. The molecule has 0 aliphatic heterocycles. The fourth-order valence-electron chi connectivity index (χ4n) is 2.35. The van der Waals surface area contributed by atoms with Gasteiger partial charge in [0.05, 0.1) is 33.0 Å². The molecule has 2 amide bonds. The van der Waals surface area contributed by atoms with Gasteiger partial charge in [-0.2, -0.15) is 6.42 Å². The van der Waals surface area contributed by atoms with Gasteiger partial charge in [0, 0.05) is 44.5 Å². The fraction of sp³-hybridized carbons (Fsp3) is 0.773. The number of hydrogen-bond acceptors (Lipinski definition) is 8. The van der Waals surface area contributed by atoms with E-state index in [1.165, 1.54) is 6.92 Å². The van der Waals surface area contributed by atoms with Crippen molar-refractivity contribution in [2.24, 2.45) is 0 Å². The van der Waals surface area contributed by atoms with Crippen LogP contribution in [0.1, 0.15) is 52.4 Å². The summed E-state index contributed by atoms with van der Waals surface area (Å²) in [5.41, 5.74) is 0. The summed E-state index contributed by atoms with van der Waals surface area (Å²) in [5.74, 6) is -0.162. The molecule has 0 rings (SSSR count). The molecule has 0 aromatic carbocycles. The smallest absolute Gasteiger partial charge is 0.246 e. The zero-order chi connectivity index (χ0) is 23.9. The molecule has 10 nitrogen and oxygen atoms in total. The van der Waals surface area contributed by atoms with Gasteiger partial charge in [-0.3, -0.25) is 19.2 Å². The quantitative estimate of drug-likeness (QED) is 0.154. The summed E-state index contributed by atoms with van der Waals surface area (Å²) in [6.45, 7) is 7.55. The van der Waals surface area contributed by atoms with Gasteiger partial charge in [-0.05, 0) is 26.2 Å². The standard InChI is InChI=1S/C22H39N2O8.V/c1-3-6-21(27)23-9-4-7-20(26)8-5-11-29-13-16-32-18-22(28)24-10-12-30-14-15-31-17-19(2)25;/h9H,3-8,10-18H2,1-2H3,(H,23,27)(H,24,28);/q-1;. The molecule has 0 unspecified atom stereocenters. The van der Waals surface area contributed by atoms with E-state index in [1.54, 1.807) is 6.54 Å². The first-order valence-electron chi connectivity index (χ1n) is 11.2. The van der Waals surface area contributed by atoms with Gasteiger partial charge in [0.15, 0.2) is 11.7 Å². The molecular formula is C22H39N2O8V-. The summed E-state index contributed by atoms with van der Waals surface area (Å²) >= 11 is 0. The van der Waals surface area contributed by atoms with Crippen LogP contribution in [-0.4, -0.2) is 82.8 Å². The summed E-state index contributed by atoms with van der Waals surface area (Å²) in [6.07, 6.45) is 3.29. The molecule has 1 radical (unpaired) electrons. The van der Waals surface area contributed by atoms with Crippen LogP contribution in [0.3, 0.4) is 0 Å². The number of carbonyl (C=O) groups is 4. The Morgan fingerprint density at radius 3 is 2.06 bits per heavy atom. The normalized spacial score (nSPS) is 10.4. The predicted octanol–water partition coefficient (Wildman–Crippen LogP) is 0.963. The van der Waals surface area contributed by atoms with Gasteiger partial charge in [-0.1, -0.05) is 6.92 Å². The molecule has 0 aliphatic carbocycles. The van der Waals surface area contributed by atoms with Gasteiger partial charge in [-0.25, -0.2) is 6.54 Å². The number of carbonyl (C=O) groups excluding carboxylic acids is 4. The van der Waals surface area contributed by atoms with Crippen molar-refractivity contribution in [1.82, 2.24) is 10.6 Å². The number of ether oxygens (including phenoxy) is 4. The summed E-state index contributed by atoms with van der Waals surface area (Å²) in [4.78, 5) is 45.3. The van der Waals surface area contributed by atoms with Crippen molar-refractivity contribution < 1.29 is 56.7 Å². The zero-order valence-corrected chi connectivity index (χ0v) is 21.3. The second-order valence-corrected chi connectivity index (χ2v) is 7.08. The average molecular weight is 511 g/mol. The van der Waals surface area contributed by atoms with E-state index >= 15 is 0 Å². The summed E-state index contributed by atoms with van der Waals surface area (Å²) < 4.78 is 20.9. The first kappa shape index (κ1) is 33.9. The molecule has 0 saturated heterocycles. The molecule has 33 heavy (non-hydrogen) atoms. The molecule has 0 fully saturated rings. The Labute approximate surface area is 209 Å². The van der Waals surface area contributed by atoms with Crippen molar-refractivity contribution in [2.75, 3.05) is 59.4 Å². The van der Waals surface area contributed by atoms with Gasteiger partial charge in [0.25, 0.3) is 0 Å². The van der Waals surface area contributed by atoms with Gasteiger partial charge in [-0.15, -0.1) is 0 Å². The second-order valence-electron chi connectivity index (χ2n) is 7.08. The molecule has 0 aromatic rings. The van der Waals surface area contributed by atoms with Crippen LogP contribution in [0.5, 0.6) is 0 Å². The minimum atomic E-state index is -0.241. The number of amides is 2. The molecule has 2 N–H and O–H groups in total. The van der Waals surface area contributed by atoms with Crippen LogP contribution in [-0.2, 0) is 56.7 Å². The van der Waals surface area contributed by atoms with Crippen molar-refractivity contribution in [3.63, 3.8) is 0 Å². The number of Topliss-reactive ketones (excluding diaryl/α,β-unsaturated/α-hetero) is 2. The summed E-state index contributed by atoms with van der Waals surface area (Å²) in [7, 11) is 0. The number of ketones is 2. The first-order valence-corrected chi connectivity index (χ1v) is 11.2. The summed E-state index contributed by atoms with van der Waals surface area (Å²) in [5, 5.41) is 5.33.